The highest BCUT2D eigenvalue weighted by Gasteiger charge is 2.31. The SMILES string of the molecule is Cc1nccc([C@@H]2CCCN2C(=O)Cn2c(C)nc3ccccc32)n1. The Morgan fingerprint density at radius 2 is 2.04 bits per heavy atom. The van der Waals surface area contributed by atoms with E-state index in [4.69, 9.17) is 0 Å². The number of benzene rings is 1. The standard InChI is InChI=1S/C19H21N5O/c1-13-20-10-9-16(21-13)17-8-5-11-23(17)19(25)12-24-14(2)22-15-6-3-4-7-18(15)24/h3-4,6-7,9-10,17H,5,8,11-12H2,1-2H3/t17-/m0/s1. The number of hydrogen-bond acceptors (Lipinski definition) is 4. The van der Waals surface area contributed by atoms with Crippen molar-refractivity contribution in [2.75, 3.05) is 6.54 Å². The summed E-state index contributed by atoms with van der Waals surface area (Å²) >= 11 is 0. The molecule has 1 saturated heterocycles. The molecule has 0 unspecified atom stereocenters. The van der Waals surface area contributed by atoms with Crippen LogP contribution in [0.25, 0.3) is 11.0 Å². The van der Waals surface area contributed by atoms with Crippen LogP contribution in [-0.2, 0) is 11.3 Å². The maximum absolute atomic E-state index is 13.0. The van der Waals surface area contributed by atoms with Gasteiger partial charge in [-0.2, -0.15) is 0 Å². The van der Waals surface area contributed by atoms with Gasteiger partial charge in [-0.25, -0.2) is 15.0 Å². The number of likely N-dealkylation sites (tertiary alicyclic amines) is 1. The molecule has 1 aromatic carbocycles. The van der Waals surface area contributed by atoms with E-state index in [-0.39, 0.29) is 11.9 Å². The van der Waals surface area contributed by atoms with Crippen LogP contribution in [0.5, 0.6) is 0 Å². The number of para-hydroxylation sites is 2. The molecule has 1 aliphatic heterocycles. The minimum absolute atomic E-state index is 0.0456. The molecule has 3 heterocycles. The first-order chi connectivity index (χ1) is 12.1. The maximum atomic E-state index is 13.0. The number of aromatic nitrogens is 4. The van der Waals surface area contributed by atoms with Crippen molar-refractivity contribution in [2.24, 2.45) is 0 Å². The molecule has 6 nitrogen and oxygen atoms in total. The normalized spacial score (nSPS) is 17.4. The highest BCUT2D eigenvalue weighted by Crippen LogP contribution is 2.31. The van der Waals surface area contributed by atoms with E-state index in [1.165, 1.54) is 0 Å². The zero-order valence-electron chi connectivity index (χ0n) is 14.5. The van der Waals surface area contributed by atoms with E-state index in [2.05, 4.69) is 15.0 Å². The van der Waals surface area contributed by atoms with Crippen molar-refractivity contribution < 1.29 is 4.79 Å². The molecule has 0 bridgehead atoms. The Bertz CT molecular complexity index is 932. The third kappa shape index (κ3) is 2.88. The van der Waals surface area contributed by atoms with Gasteiger partial charge in [0.2, 0.25) is 5.91 Å². The van der Waals surface area contributed by atoms with Gasteiger partial charge in [-0.1, -0.05) is 12.1 Å². The number of amides is 1. The fourth-order valence-corrected chi connectivity index (χ4v) is 3.65. The first-order valence-corrected chi connectivity index (χ1v) is 8.64. The Morgan fingerprint density at radius 1 is 1.20 bits per heavy atom. The molecule has 25 heavy (non-hydrogen) atoms. The fourth-order valence-electron chi connectivity index (χ4n) is 3.65. The van der Waals surface area contributed by atoms with Gasteiger partial charge >= 0.3 is 0 Å². The van der Waals surface area contributed by atoms with Crippen LogP contribution in [0.2, 0.25) is 0 Å². The molecule has 2 aromatic heterocycles. The molecule has 1 atom stereocenters. The number of carbonyl (C=O) groups excluding carboxylic acids is 1. The van der Waals surface area contributed by atoms with E-state index in [0.29, 0.717) is 6.54 Å². The number of aryl methyl sites for hydroxylation is 2. The lowest BCUT2D eigenvalue weighted by Crippen LogP contribution is -2.34. The molecule has 128 valence electrons. The molecule has 0 spiro atoms. The van der Waals surface area contributed by atoms with Crippen LogP contribution in [0.15, 0.2) is 36.5 Å². The summed E-state index contributed by atoms with van der Waals surface area (Å²) in [5.41, 5.74) is 2.87. The topological polar surface area (TPSA) is 63.9 Å². The van der Waals surface area contributed by atoms with Gasteiger partial charge in [0, 0.05) is 12.7 Å². The summed E-state index contributed by atoms with van der Waals surface area (Å²) in [5, 5.41) is 0. The largest absolute Gasteiger partial charge is 0.333 e. The molecule has 1 fully saturated rings. The van der Waals surface area contributed by atoms with Gasteiger partial charge in [0.05, 0.1) is 22.8 Å². The van der Waals surface area contributed by atoms with Crippen molar-refractivity contribution in [3.63, 3.8) is 0 Å². The molecule has 0 saturated carbocycles. The third-order valence-corrected chi connectivity index (χ3v) is 4.85. The number of rotatable bonds is 3. The van der Waals surface area contributed by atoms with Gasteiger partial charge in [-0.3, -0.25) is 4.79 Å². The van der Waals surface area contributed by atoms with E-state index < -0.39 is 0 Å². The van der Waals surface area contributed by atoms with Crippen molar-refractivity contribution >= 4 is 16.9 Å². The average Bonchev–Trinajstić information content (AvgIpc) is 3.20. The fraction of sp³-hybridized carbons (Fsp3) is 0.368. The summed E-state index contributed by atoms with van der Waals surface area (Å²) in [6.07, 6.45) is 3.72. The van der Waals surface area contributed by atoms with E-state index >= 15 is 0 Å². The monoisotopic (exact) mass is 335 g/mol. The number of imidazole rings is 1. The molecule has 1 aliphatic rings. The quantitative estimate of drug-likeness (QED) is 0.738. The third-order valence-electron chi connectivity index (χ3n) is 4.85. The van der Waals surface area contributed by atoms with Crippen molar-refractivity contribution in [2.45, 2.75) is 39.3 Å². The zero-order valence-corrected chi connectivity index (χ0v) is 14.5. The predicted octanol–water partition coefficient (Wildman–Crippen LogP) is 2.81. The second-order valence-electron chi connectivity index (χ2n) is 6.51. The molecule has 3 aromatic rings. The molecular formula is C19H21N5O. The van der Waals surface area contributed by atoms with Crippen molar-refractivity contribution in [1.29, 1.82) is 0 Å². The van der Waals surface area contributed by atoms with Crippen molar-refractivity contribution in [1.82, 2.24) is 24.4 Å². The number of carbonyl (C=O) groups is 1. The van der Waals surface area contributed by atoms with Crippen LogP contribution in [0.4, 0.5) is 0 Å². The molecule has 0 radical (unpaired) electrons. The highest BCUT2D eigenvalue weighted by molar-refractivity contribution is 5.81. The molecule has 1 amide bonds. The second-order valence-corrected chi connectivity index (χ2v) is 6.51. The van der Waals surface area contributed by atoms with E-state index in [1.807, 2.05) is 53.6 Å². The van der Waals surface area contributed by atoms with Gasteiger partial charge in [-0.05, 0) is 44.9 Å². The van der Waals surface area contributed by atoms with Crippen LogP contribution in [-0.4, -0.2) is 36.9 Å². The summed E-state index contributed by atoms with van der Waals surface area (Å²) < 4.78 is 2.00. The molecule has 0 aliphatic carbocycles. The van der Waals surface area contributed by atoms with Gasteiger partial charge < -0.3 is 9.47 Å². The Kier molecular flexibility index (Phi) is 3.95. The minimum atomic E-state index is 0.0456. The first-order valence-electron chi connectivity index (χ1n) is 8.64. The predicted molar refractivity (Wildman–Crippen MR) is 94.9 cm³/mol. The minimum Gasteiger partial charge on any atom is -0.333 e. The van der Waals surface area contributed by atoms with Crippen LogP contribution in [0.1, 0.15) is 36.2 Å². The lowest BCUT2D eigenvalue weighted by molar-refractivity contribution is -0.132. The Balaban J connectivity index is 1.60. The van der Waals surface area contributed by atoms with E-state index in [9.17, 15) is 4.79 Å². The van der Waals surface area contributed by atoms with Crippen molar-refractivity contribution in [3.05, 3.63) is 53.9 Å². The molecular weight excluding hydrogens is 314 g/mol. The van der Waals surface area contributed by atoms with Gasteiger partial charge in [0.1, 0.15) is 18.2 Å². The van der Waals surface area contributed by atoms with E-state index in [0.717, 1.165) is 47.8 Å². The van der Waals surface area contributed by atoms with Crippen molar-refractivity contribution in [3.8, 4) is 0 Å². The zero-order chi connectivity index (χ0) is 17.4. The second kappa shape index (κ2) is 6.27. The smallest absolute Gasteiger partial charge is 0.243 e. The van der Waals surface area contributed by atoms with Crippen LogP contribution in [0, 0.1) is 13.8 Å². The summed E-state index contributed by atoms with van der Waals surface area (Å²) in [4.78, 5) is 28.2. The van der Waals surface area contributed by atoms with Crippen LogP contribution >= 0.6 is 0 Å². The summed E-state index contributed by atoms with van der Waals surface area (Å²) in [6, 6.07) is 9.90. The summed E-state index contributed by atoms with van der Waals surface area (Å²) in [6.45, 7) is 4.92. The molecule has 6 heteroatoms. The Morgan fingerprint density at radius 3 is 2.88 bits per heavy atom. The van der Waals surface area contributed by atoms with E-state index in [1.54, 1.807) is 6.20 Å². The number of hydrogen-bond donors (Lipinski definition) is 0. The summed E-state index contributed by atoms with van der Waals surface area (Å²) in [5.74, 6) is 1.72. The van der Waals surface area contributed by atoms with Crippen LogP contribution in [0.3, 0.4) is 0 Å². The van der Waals surface area contributed by atoms with Gasteiger partial charge in [-0.15, -0.1) is 0 Å². The molecule has 4 rings (SSSR count). The average molecular weight is 335 g/mol. The number of fused-ring (bicyclic) bond motifs is 1. The Labute approximate surface area is 146 Å². The van der Waals surface area contributed by atoms with Gasteiger partial charge in [0.25, 0.3) is 0 Å². The number of nitrogens with zero attached hydrogens (tertiary/aromatic N) is 5. The lowest BCUT2D eigenvalue weighted by atomic mass is 10.1. The highest BCUT2D eigenvalue weighted by atomic mass is 16.2. The van der Waals surface area contributed by atoms with Gasteiger partial charge in [0.15, 0.2) is 0 Å². The summed E-state index contributed by atoms with van der Waals surface area (Å²) in [7, 11) is 0. The molecule has 0 N–H and O–H groups in total. The lowest BCUT2D eigenvalue weighted by Gasteiger charge is -2.25. The Hall–Kier alpha value is -2.76. The maximum Gasteiger partial charge on any atom is 0.243 e. The first kappa shape index (κ1) is 15.7. The van der Waals surface area contributed by atoms with Crippen LogP contribution < -0.4 is 0 Å².